The number of esters is 2. The number of ether oxygens (including phenoxy) is 2. The van der Waals surface area contributed by atoms with Crippen LogP contribution in [0, 0.1) is 11.8 Å². The normalized spacial score (nSPS) is 43.2. The molecule has 0 aromatic heterocycles. The van der Waals surface area contributed by atoms with E-state index >= 15 is 0 Å². The number of carbonyl (C=O) groups excluding carboxylic acids is 2. The van der Waals surface area contributed by atoms with Crippen LogP contribution in [0.2, 0.25) is 0 Å². The molecule has 17 heavy (non-hydrogen) atoms. The smallest absolute Gasteiger partial charge is 0.748 e. The molecule has 3 rings (SSSR count). The molecule has 88 valence electrons. The van der Waals surface area contributed by atoms with Gasteiger partial charge in [-0.15, -0.1) is 0 Å². The van der Waals surface area contributed by atoms with Crippen LogP contribution in [0.1, 0.15) is 6.42 Å². The monoisotopic (exact) mass is 254 g/mol. The van der Waals surface area contributed by atoms with Crippen molar-refractivity contribution < 1.29 is 50.9 Å². The van der Waals surface area contributed by atoms with E-state index in [4.69, 9.17) is 4.74 Å². The minimum Gasteiger partial charge on any atom is -0.748 e. The van der Waals surface area contributed by atoms with E-state index in [0.29, 0.717) is 0 Å². The third kappa shape index (κ3) is 1.67. The molecule has 3 saturated heterocycles. The van der Waals surface area contributed by atoms with Crippen LogP contribution < -0.4 is 18.9 Å². The summed E-state index contributed by atoms with van der Waals surface area (Å²) in [6.07, 6.45) is -1.72. The Morgan fingerprint density at radius 1 is 1.18 bits per heavy atom. The van der Waals surface area contributed by atoms with Gasteiger partial charge in [-0.3, -0.25) is 9.59 Å². The van der Waals surface area contributed by atoms with E-state index < -0.39 is 51.4 Å². The van der Waals surface area contributed by atoms with Crippen LogP contribution in [-0.2, 0) is 29.2 Å². The second-order valence-corrected chi connectivity index (χ2v) is 5.79. The molecule has 0 radical (unpaired) electrons. The third-order valence-corrected chi connectivity index (χ3v) is 4.62. The van der Waals surface area contributed by atoms with Crippen molar-refractivity contribution in [3.8, 4) is 0 Å². The fraction of sp³-hybridized carbons (Fsp3) is 0.750. The minimum absolute atomic E-state index is 0. The van der Waals surface area contributed by atoms with E-state index in [-0.39, 0.29) is 25.3 Å². The molecule has 5 atom stereocenters. The molecule has 0 amide bonds. The summed E-state index contributed by atoms with van der Waals surface area (Å²) in [5.41, 5.74) is 0. The van der Waals surface area contributed by atoms with Gasteiger partial charge in [0.1, 0.15) is 16.0 Å². The molecular weight excluding hydrogens is 247 g/mol. The SMILES string of the molecule is O=C1OC(=O)C2C3OC(CC3S(=O)(=O)[O-])C12.[Li+]. The molecule has 0 aromatic carbocycles. The van der Waals surface area contributed by atoms with Gasteiger partial charge in [0.25, 0.3) is 0 Å². The quantitative estimate of drug-likeness (QED) is 0.200. The zero-order valence-corrected chi connectivity index (χ0v) is 9.68. The van der Waals surface area contributed by atoms with Crippen LogP contribution in [0.3, 0.4) is 0 Å². The Morgan fingerprint density at radius 2 is 1.76 bits per heavy atom. The fourth-order valence-electron chi connectivity index (χ4n) is 2.79. The molecule has 3 fully saturated rings. The molecule has 0 aliphatic carbocycles. The van der Waals surface area contributed by atoms with Gasteiger partial charge in [0.05, 0.1) is 23.4 Å². The summed E-state index contributed by atoms with van der Waals surface area (Å²) in [7, 11) is -4.51. The van der Waals surface area contributed by atoms with Crippen molar-refractivity contribution >= 4 is 22.1 Å². The maximum atomic E-state index is 11.3. The molecule has 0 aromatic rings. The average Bonchev–Trinajstić information content (AvgIpc) is 2.76. The van der Waals surface area contributed by atoms with E-state index in [1.54, 1.807) is 0 Å². The molecule has 0 saturated carbocycles. The van der Waals surface area contributed by atoms with Crippen molar-refractivity contribution in [1.29, 1.82) is 0 Å². The van der Waals surface area contributed by atoms with Gasteiger partial charge in [0.15, 0.2) is 0 Å². The largest absolute Gasteiger partial charge is 1.00 e. The maximum absolute atomic E-state index is 11.3. The number of cyclic esters (lactones) is 2. The van der Waals surface area contributed by atoms with Gasteiger partial charge in [-0.25, -0.2) is 8.42 Å². The van der Waals surface area contributed by atoms with Gasteiger partial charge >= 0.3 is 30.8 Å². The Bertz CT molecular complexity index is 486. The first-order chi connectivity index (χ1) is 7.39. The molecule has 3 aliphatic rings. The molecule has 3 heterocycles. The van der Waals surface area contributed by atoms with Crippen LogP contribution >= 0.6 is 0 Å². The van der Waals surface area contributed by atoms with Gasteiger partial charge < -0.3 is 14.0 Å². The van der Waals surface area contributed by atoms with Gasteiger partial charge in [0, 0.05) is 0 Å². The first-order valence-electron chi connectivity index (χ1n) is 4.75. The van der Waals surface area contributed by atoms with E-state index in [1.165, 1.54) is 0 Å². The Labute approximate surface area is 109 Å². The molecule has 9 heteroatoms. The van der Waals surface area contributed by atoms with Crippen molar-refractivity contribution in [3.63, 3.8) is 0 Å². The third-order valence-electron chi connectivity index (χ3n) is 3.42. The van der Waals surface area contributed by atoms with Crippen LogP contribution in [0.4, 0.5) is 0 Å². The van der Waals surface area contributed by atoms with Gasteiger partial charge in [-0.2, -0.15) is 0 Å². The topological polar surface area (TPSA) is 110 Å². The fourth-order valence-corrected chi connectivity index (χ4v) is 3.77. The Balaban J connectivity index is 0.00000108. The Hall–Kier alpha value is -0.393. The van der Waals surface area contributed by atoms with Crippen molar-refractivity contribution in [3.05, 3.63) is 0 Å². The van der Waals surface area contributed by atoms with Crippen molar-refractivity contribution in [2.45, 2.75) is 23.9 Å². The van der Waals surface area contributed by atoms with Crippen LogP contribution in [-0.4, -0.2) is 42.4 Å². The molecule has 0 spiro atoms. The molecule has 2 bridgehead atoms. The summed E-state index contributed by atoms with van der Waals surface area (Å²) >= 11 is 0. The van der Waals surface area contributed by atoms with Crippen LogP contribution in [0.25, 0.3) is 0 Å². The number of carbonyl (C=O) groups is 2. The van der Waals surface area contributed by atoms with Crippen molar-refractivity contribution in [2.24, 2.45) is 11.8 Å². The zero-order valence-electron chi connectivity index (χ0n) is 8.86. The first kappa shape index (κ1) is 13.0. The molecule has 7 nitrogen and oxygen atoms in total. The van der Waals surface area contributed by atoms with E-state index in [0.717, 1.165) is 0 Å². The van der Waals surface area contributed by atoms with Gasteiger partial charge in [-0.1, -0.05) is 0 Å². The van der Waals surface area contributed by atoms with E-state index in [2.05, 4.69) is 4.74 Å². The summed E-state index contributed by atoms with van der Waals surface area (Å²) in [6, 6.07) is 0. The van der Waals surface area contributed by atoms with Crippen molar-refractivity contribution in [1.82, 2.24) is 0 Å². The van der Waals surface area contributed by atoms with Crippen LogP contribution in [0.5, 0.6) is 0 Å². The predicted octanol–water partition coefficient (Wildman–Crippen LogP) is -4.61. The number of hydrogen-bond donors (Lipinski definition) is 0. The summed E-state index contributed by atoms with van der Waals surface area (Å²) in [4.78, 5) is 22.6. The number of rotatable bonds is 1. The summed E-state index contributed by atoms with van der Waals surface area (Å²) in [5.74, 6) is -3.10. The Kier molecular flexibility index (Phi) is 2.92. The maximum Gasteiger partial charge on any atom is 1.00 e. The van der Waals surface area contributed by atoms with Gasteiger partial charge in [0.2, 0.25) is 0 Å². The van der Waals surface area contributed by atoms with Gasteiger partial charge in [-0.05, 0) is 6.42 Å². The second-order valence-electron chi connectivity index (χ2n) is 4.20. The molecule has 0 N–H and O–H groups in total. The standard InChI is InChI=1S/C8H8O7S.Li/c9-7-4-2-1-3(16(11,12)13)6(14-2)5(4)8(10)15-7;/h2-6H,1H2,(H,11,12,13);/q;+1/p-1. The number of hydrogen-bond acceptors (Lipinski definition) is 7. The molecular formula is C8H7LiO7S. The second kappa shape index (κ2) is 3.80. The number of fused-ring (bicyclic) bond motifs is 5. The minimum atomic E-state index is -4.51. The summed E-state index contributed by atoms with van der Waals surface area (Å²) < 4.78 is 42.4. The first-order valence-corrected chi connectivity index (χ1v) is 6.22. The van der Waals surface area contributed by atoms with Crippen molar-refractivity contribution in [2.75, 3.05) is 0 Å². The van der Waals surface area contributed by atoms with E-state index in [1.807, 2.05) is 0 Å². The summed E-state index contributed by atoms with van der Waals surface area (Å²) in [5, 5.41) is -1.24. The van der Waals surface area contributed by atoms with E-state index in [9.17, 15) is 22.6 Å². The summed E-state index contributed by atoms with van der Waals surface area (Å²) in [6.45, 7) is 0. The predicted molar refractivity (Wildman–Crippen MR) is 44.8 cm³/mol. The molecule has 5 unspecified atom stereocenters. The molecule has 3 aliphatic heterocycles. The zero-order chi connectivity index (χ0) is 11.7. The van der Waals surface area contributed by atoms with Crippen LogP contribution in [0.15, 0.2) is 0 Å². The Morgan fingerprint density at radius 3 is 2.35 bits per heavy atom. The average molecular weight is 254 g/mol.